The van der Waals surface area contributed by atoms with Gasteiger partial charge in [0.1, 0.15) is 6.61 Å². The summed E-state index contributed by atoms with van der Waals surface area (Å²) in [4.78, 5) is 18.7. The van der Waals surface area contributed by atoms with Crippen LogP contribution in [0.3, 0.4) is 0 Å². The Balaban J connectivity index is 1.66. The van der Waals surface area contributed by atoms with Crippen molar-refractivity contribution in [3.05, 3.63) is 50.9 Å². The first-order valence-electron chi connectivity index (χ1n) is 7.32. The molecule has 1 aliphatic rings. The van der Waals surface area contributed by atoms with E-state index in [0.29, 0.717) is 6.61 Å². The number of amides is 1. The van der Waals surface area contributed by atoms with Gasteiger partial charge in [0.05, 0.1) is 11.7 Å². The van der Waals surface area contributed by atoms with Crippen LogP contribution in [0.15, 0.2) is 39.6 Å². The molecule has 6 heteroatoms. The molecule has 3 rings (SSSR count). The Kier molecular flexibility index (Phi) is 5.10. The number of thiazole rings is 1. The lowest BCUT2D eigenvalue weighted by Gasteiger charge is -2.33. The lowest BCUT2D eigenvalue weighted by atomic mass is 10.0. The molecule has 1 saturated heterocycles. The van der Waals surface area contributed by atoms with Crippen molar-refractivity contribution in [1.29, 1.82) is 0 Å². The number of piperidine rings is 1. The maximum atomic E-state index is 12.4. The van der Waals surface area contributed by atoms with E-state index in [4.69, 9.17) is 4.74 Å². The van der Waals surface area contributed by atoms with E-state index in [2.05, 4.69) is 20.9 Å². The second-order valence-electron chi connectivity index (χ2n) is 5.27. The number of benzene rings is 1. The highest BCUT2D eigenvalue weighted by atomic mass is 79.9. The van der Waals surface area contributed by atoms with Crippen molar-refractivity contribution in [2.45, 2.75) is 31.9 Å². The number of carbonyl (C=O) groups is 1. The highest BCUT2D eigenvalue weighted by Gasteiger charge is 2.30. The largest absolute Gasteiger partial charge is 0.445 e. The van der Waals surface area contributed by atoms with Crippen LogP contribution in [0.5, 0.6) is 0 Å². The zero-order valence-electron chi connectivity index (χ0n) is 12.1. The van der Waals surface area contributed by atoms with Crippen LogP contribution in [0.25, 0.3) is 0 Å². The number of carbonyl (C=O) groups excluding carboxylic acids is 1. The van der Waals surface area contributed by atoms with Crippen LogP contribution in [0, 0.1) is 0 Å². The van der Waals surface area contributed by atoms with Crippen molar-refractivity contribution in [2.24, 2.45) is 0 Å². The topological polar surface area (TPSA) is 42.4 Å². The van der Waals surface area contributed by atoms with Gasteiger partial charge in [-0.15, -0.1) is 11.3 Å². The number of nitrogens with zero attached hydrogens (tertiary/aromatic N) is 2. The molecule has 1 amide bonds. The molecule has 1 aliphatic heterocycles. The Bertz CT molecular complexity index is 632. The molecule has 1 aromatic carbocycles. The van der Waals surface area contributed by atoms with Crippen LogP contribution in [-0.2, 0) is 11.3 Å². The Labute approximate surface area is 142 Å². The molecule has 0 spiro atoms. The number of likely N-dealkylation sites (tertiary alicyclic amines) is 1. The molecule has 4 nitrogen and oxygen atoms in total. The van der Waals surface area contributed by atoms with Crippen LogP contribution in [0.2, 0.25) is 0 Å². The fraction of sp³-hybridized carbons (Fsp3) is 0.375. The van der Waals surface area contributed by atoms with E-state index in [0.717, 1.165) is 41.0 Å². The zero-order chi connectivity index (χ0) is 15.4. The lowest BCUT2D eigenvalue weighted by molar-refractivity contribution is 0.0670. The van der Waals surface area contributed by atoms with Crippen LogP contribution >= 0.6 is 27.3 Å². The van der Waals surface area contributed by atoms with Crippen molar-refractivity contribution in [1.82, 2.24) is 9.88 Å². The van der Waals surface area contributed by atoms with Gasteiger partial charge in [-0.25, -0.2) is 9.78 Å². The van der Waals surface area contributed by atoms with E-state index in [-0.39, 0.29) is 12.1 Å². The first-order chi connectivity index (χ1) is 10.7. The van der Waals surface area contributed by atoms with Gasteiger partial charge in [0.2, 0.25) is 0 Å². The van der Waals surface area contributed by atoms with E-state index in [1.807, 2.05) is 40.6 Å². The number of hydrogen-bond donors (Lipinski definition) is 0. The quantitative estimate of drug-likeness (QED) is 0.769. The molecule has 1 aromatic heterocycles. The summed E-state index contributed by atoms with van der Waals surface area (Å²) in [5, 5.41) is 2.01. The molecule has 2 aromatic rings. The molecule has 22 heavy (non-hydrogen) atoms. The Morgan fingerprint density at radius 3 is 2.91 bits per heavy atom. The van der Waals surface area contributed by atoms with Gasteiger partial charge in [-0.05, 0) is 40.8 Å². The molecule has 0 bridgehead atoms. The summed E-state index contributed by atoms with van der Waals surface area (Å²) in [5.41, 5.74) is 1.95. The second-order valence-corrected chi connectivity index (χ2v) is 7.40. The molecule has 1 fully saturated rings. The molecule has 1 unspecified atom stereocenters. The summed E-state index contributed by atoms with van der Waals surface area (Å²) in [6.07, 6.45) is 2.82. The van der Waals surface area contributed by atoms with Crippen LogP contribution in [0.1, 0.15) is 36.6 Å². The van der Waals surface area contributed by atoms with Gasteiger partial charge >= 0.3 is 6.09 Å². The molecule has 0 N–H and O–H groups in total. The molecular weight excluding hydrogens is 364 g/mol. The van der Waals surface area contributed by atoms with E-state index >= 15 is 0 Å². The third-order valence-corrected chi connectivity index (χ3v) is 5.16. The molecule has 1 atom stereocenters. The number of ether oxygens (including phenoxy) is 1. The minimum atomic E-state index is -0.252. The third kappa shape index (κ3) is 3.67. The zero-order valence-corrected chi connectivity index (χ0v) is 14.5. The number of halogens is 1. The Morgan fingerprint density at radius 2 is 2.18 bits per heavy atom. The van der Waals surface area contributed by atoms with E-state index in [9.17, 15) is 4.79 Å². The smallest absolute Gasteiger partial charge is 0.410 e. The Hall–Kier alpha value is -1.40. The minimum absolute atomic E-state index is 0.0274. The summed E-state index contributed by atoms with van der Waals surface area (Å²) < 4.78 is 6.33. The van der Waals surface area contributed by atoms with E-state index < -0.39 is 0 Å². The van der Waals surface area contributed by atoms with E-state index in [1.54, 1.807) is 11.3 Å². The van der Waals surface area contributed by atoms with Crippen molar-refractivity contribution < 1.29 is 9.53 Å². The van der Waals surface area contributed by atoms with Crippen LogP contribution in [-0.4, -0.2) is 22.5 Å². The summed E-state index contributed by atoms with van der Waals surface area (Å²) in [5.74, 6) is 0. The van der Waals surface area contributed by atoms with E-state index in [1.165, 1.54) is 0 Å². The minimum Gasteiger partial charge on any atom is -0.445 e. The first-order valence-corrected chi connectivity index (χ1v) is 8.99. The van der Waals surface area contributed by atoms with Crippen LogP contribution in [0.4, 0.5) is 4.79 Å². The van der Waals surface area contributed by atoms with Crippen molar-refractivity contribution >= 4 is 33.4 Å². The predicted octanol–water partition coefficient (Wildman–Crippen LogP) is 4.77. The van der Waals surface area contributed by atoms with Gasteiger partial charge in [-0.3, -0.25) is 4.90 Å². The Morgan fingerprint density at radius 1 is 1.36 bits per heavy atom. The van der Waals surface area contributed by atoms with Crippen LogP contribution < -0.4 is 0 Å². The van der Waals surface area contributed by atoms with Gasteiger partial charge in [-0.1, -0.05) is 30.3 Å². The molecule has 0 saturated carbocycles. The summed E-state index contributed by atoms with van der Waals surface area (Å²) in [7, 11) is 0. The average Bonchev–Trinajstić information content (AvgIpc) is 3.00. The second kappa shape index (κ2) is 7.24. The lowest BCUT2D eigenvalue weighted by Crippen LogP contribution is -2.38. The van der Waals surface area contributed by atoms with Gasteiger partial charge in [0.15, 0.2) is 3.92 Å². The number of aromatic nitrogens is 1. The number of rotatable bonds is 3. The SMILES string of the molecule is O=C(OCc1ccccc1)N1CCCCC1c1csc(Br)n1. The van der Waals surface area contributed by atoms with Gasteiger partial charge in [0, 0.05) is 11.9 Å². The average molecular weight is 381 g/mol. The van der Waals surface area contributed by atoms with Gasteiger partial charge < -0.3 is 4.74 Å². The maximum absolute atomic E-state index is 12.4. The highest BCUT2D eigenvalue weighted by Crippen LogP contribution is 2.33. The fourth-order valence-electron chi connectivity index (χ4n) is 2.68. The molecule has 2 heterocycles. The standard InChI is InChI=1S/C16H17BrN2O2S/c17-15-18-13(11-22-15)14-8-4-5-9-19(14)16(20)21-10-12-6-2-1-3-7-12/h1-3,6-7,11,14H,4-5,8-10H2. The maximum Gasteiger partial charge on any atom is 0.410 e. The highest BCUT2D eigenvalue weighted by molar-refractivity contribution is 9.11. The fourth-order valence-corrected chi connectivity index (χ4v) is 3.75. The van der Waals surface area contributed by atoms with Crippen molar-refractivity contribution in [3.63, 3.8) is 0 Å². The molecule has 0 aliphatic carbocycles. The van der Waals surface area contributed by atoms with Crippen molar-refractivity contribution in [3.8, 4) is 0 Å². The molecule has 116 valence electrons. The summed E-state index contributed by atoms with van der Waals surface area (Å²) in [6.45, 7) is 1.04. The summed E-state index contributed by atoms with van der Waals surface area (Å²) >= 11 is 4.94. The first kappa shape index (κ1) is 15.5. The summed E-state index contributed by atoms with van der Waals surface area (Å²) in [6, 6.07) is 9.78. The molecular formula is C16H17BrN2O2S. The van der Waals surface area contributed by atoms with Gasteiger partial charge in [-0.2, -0.15) is 0 Å². The van der Waals surface area contributed by atoms with Gasteiger partial charge in [0.25, 0.3) is 0 Å². The molecule has 0 radical (unpaired) electrons. The monoisotopic (exact) mass is 380 g/mol. The van der Waals surface area contributed by atoms with Crippen molar-refractivity contribution in [2.75, 3.05) is 6.54 Å². The number of hydrogen-bond acceptors (Lipinski definition) is 4. The predicted molar refractivity (Wildman–Crippen MR) is 89.7 cm³/mol. The third-order valence-electron chi connectivity index (χ3n) is 3.78. The normalized spacial score (nSPS) is 18.2.